The Balaban J connectivity index is 2.54. The topological polar surface area (TPSA) is 38.9 Å². The predicted molar refractivity (Wildman–Crippen MR) is 63.6 cm³/mol. The van der Waals surface area contributed by atoms with Gasteiger partial charge in [0, 0.05) is 11.3 Å². The fraction of sp³-hybridized carbons (Fsp3) is 0.333. The number of furan rings is 1. The molecule has 0 N–H and O–H groups in total. The average molecular weight is 237 g/mol. The van der Waals surface area contributed by atoms with Gasteiger partial charge in [-0.3, -0.25) is 0 Å². The van der Waals surface area contributed by atoms with Gasteiger partial charge in [0.1, 0.15) is 10.9 Å². The number of rotatable bonds is 2. The van der Waals surface area contributed by atoms with E-state index in [1.807, 2.05) is 32.9 Å². The lowest BCUT2D eigenvalue weighted by Crippen LogP contribution is -1.98. The molecule has 0 unspecified atom stereocenters. The molecule has 3 nitrogen and oxygen atoms in total. The van der Waals surface area contributed by atoms with Crippen LogP contribution in [-0.2, 0) is 6.42 Å². The van der Waals surface area contributed by atoms with Gasteiger partial charge in [-0.2, -0.15) is 0 Å². The molecule has 0 aliphatic carbocycles. The first-order valence-electron chi connectivity index (χ1n) is 5.21. The average Bonchev–Trinajstić information content (AvgIpc) is 2.69. The van der Waals surface area contributed by atoms with Crippen molar-refractivity contribution in [3.8, 4) is 11.6 Å². The van der Waals surface area contributed by atoms with Gasteiger partial charge in [-0.05, 0) is 32.4 Å². The molecular formula is C12H13ClN2O. The smallest absolute Gasteiger partial charge is 0.197 e. The molecule has 0 amide bonds. The Kier molecular flexibility index (Phi) is 2.97. The van der Waals surface area contributed by atoms with E-state index in [4.69, 9.17) is 16.0 Å². The molecule has 2 aromatic rings. The van der Waals surface area contributed by atoms with Gasteiger partial charge in [0.05, 0.1) is 0 Å². The molecular weight excluding hydrogens is 224 g/mol. The van der Waals surface area contributed by atoms with Gasteiger partial charge in [0.25, 0.3) is 0 Å². The normalized spacial score (nSPS) is 10.8. The molecule has 0 saturated heterocycles. The maximum absolute atomic E-state index is 6.06. The second-order valence-electron chi connectivity index (χ2n) is 3.67. The first kappa shape index (κ1) is 11.1. The summed E-state index contributed by atoms with van der Waals surface area (Å²) in [6.07, 6.45) is 0.834. The first-order valence-corrected chi connectivity index (χ1v) is 5.59. The van der Waals surface area contributed by atoms with Crippen molar-refractivity contribution < 1.29 is 4.42 Å². The lowest BCUT2D eigenvalue weighted by atomic mass is 10.2. The molecule has 0 aromatic carbocycles. The third-order valence-electron chi connectivity index (χ3n) is 2.48. The fourth-order valence-corrected chi connectivity index (χ4v) is 1.73. The minimum Gasteiger partial charge on any atom is -0.458 e. The highest BCUT2D eigenvalue weighted by molar-refractivity contribution is 6.30. The third kappa shape index (κ3) is 1.95. The zero-order valence-electron chi connectivity index (χ0n) is 9.54. The van der Waals surface area contributed by atoms with Crippen LogP contribution in [0.4, 0.5) is 0 Å². The van der Waals surface area contributed by atoms with Crippen LogP contribution in [0.5, 0.6) is 0 Å². The number of aryl methyl sites for hydroxylation is 2. The van der Waals surface area contributed by atoms with Crippen LogP contribution in [-0.4, -0.2) is 9.97 Å². The molecule has 0 aliphatic heterocycles. The molecule has 0 atom stereocenters. The highest BCUT2D eigenvalue weighted by Gasteiger charge is 2.11. The number of nitrogens with zero attached hydrogens (tertiary/aromatic N) is 2. The zero-order valence-corrected chi connectivity index (χ0v) is 10.3. The van der Waals surface area contributed by atoms with Crippen molar-refractivity contribution in [1.82, 2.24) is 9.97 Å². The van der Waals surface area contributed by atoms with E-state index in [1.165, 1.54) is 0 Å². The van der Waals surface area contributed by atoms with Gasteiger partial charge in [0.2, 0.25) is 0 Å². The molecule has 0 spiro atoms. The summed E-state index contributed by atoms with van der Waals surface area (Å²) in [4.78, 5) is 8.67. The number of aromatic nitrogens is 2. The van der Waals surface area contributed by atoms with Crippen LogP contribution in [0.3, 0.4) is 0 Å². The van der Waals surface area contributed by atoms with E-state index < -0.39 is 0 Å². The summed E-state index contributed by atoms with van der Waals surface area (Å²) in [5.41, 5.74) is 1.90. The fourth-order valence-electron chi connectivity index (χ4n) is 1.54. The molecule has 0 radical (unpaired) electrons. The molecule has 0 saturated carbocycles. The van der Waals surface area contributed by atoms with E-state index in [1.54, 1.807) is 0 Å². The Labute approximate surface area is 99.5 Å². The molecule has 4 heteroatoms. The van der Waals surface area contributed by atoms with Crippen LogP contribution in [0.15, 0.2) is 16.5 Å². The molecule has 2 rings (SSSR count). The van der Waals surface area contributed by atoms with Gasteiger partial charge in [-0.1, -0.05) is 18.5 Å². The SMILES string of the molecule is CCc1nc(-c2ccc(C)o2)nc(Cl)c1C. The van der Waals surface area contributed by atoms with E-state index in [0.29, 0.717) is 16.7 Å². The monoisotopic (exact) mass is 236 g/mol. The van der Waals surface area contributed by atoms with Crippen molar-refractivity contribution in [3.63, 3.8) is 0 Å². The predicted octanol–water partition coefficient (Wildman–Crippen LogP) is 3.57. The molecule has 16 heavy (non-hydrogen) atoms. The Morgan fingerprint density at radius 2 is 2.00 bits per heavy atom. The van der Waals surface area contributed by atoms with Crippen LogP contribution in [0, 0.1) is 13.8 Å². The van der Waals surface area contributed by atoms with Crippen molar-refractivity contribution in [2.45, 2.75) is 27.2 Å². The summed E-state index contributed by atoms with van der Waals surface area (Å²) in [5, 5.41) is 0.496. The van der Waals surface area contributed by atoms with Crippen LogP contribution in [0.25, 0.3) is 11.6 Å². The Morgan fingerprint density at radius 1 is 1.25 bits per heavy atom. The van der Waals surface area contributed by atoms with Gasteiger partial charge < -0.3 is 4.42 Å². The van der Waals surface area contributed by atoms with Crippen LogP contribution in [0.1, 0.15) is 23.9 Å². The Bertz CT molecular complexity index is 520. The Morgan fingerprint density at radius 3 is 2.56 bits per heavy atom. The minimum atomic E-state index is 0.496. The van der Waals surface area contributed by atoms with Crippen molar-refractivity contribution in [2.24, 2.45) is 0 Å². The maximum atomic E-state index is 6.06. The van der Waals surface area contributed by atoms with E-state index in [9.17, 15) is 0 Å². The molecule has 0 fully saturated rings. The largest absolute Gasteiger partial charge is 0.458 e. The molecule has 84 valence electrons. The number of hydrogen-bond acceptors (Lipinski definition) is 3. The van der Waals surface area contributed by atoms with Gasteiger partial charge in [-0.15, -0.1) is 0 Å². The Hall–Kier alpha value is -1.35. The second-order valence-corrected chi connectivity index (χ2v) is 4.03. The lowest BCUT2D eigenvalue weighted by molar-refractivity contribution is 0.543. The second kappa shape index (κ2) is 4.26. The van der Waals surface area contributed by atoms with Crippen LogP contribution < -0.4 is 0 Å². The van der Waals surface area contributed by atoms with Crippen molar-refractivity contribution >= 4 is 11.6 Å². The van der Waals surface area contributed by atoms with Crippen molar-refractivity contribution in [1.29, 1.82) is 0 Å². The summed E-state index contributed by atoms with van der Waals surface area (Å²) in [7, 11) is 0. The summed E-state index contributed by atoms with van der Waals surface area (Å²) >= 11 is 6.06. The zero-order chi connectivity index (χ0) is 11.7. The highest BCUT2D eigenvalue weighted by Crippen LogP contribution is 2.23. The quantitative estimate of drug-likeness (QED) is 0.749. The van der Waals surface area contributed by atoms with E-state index in [-0.39, 0.29) is 0 Å². The summed E-state index contributed by atoms with van der Waals surface area (Å²) < 4.78 is 5.48. The lowest BCUT2D eigenvalue weighted by Gasteiger charge is -2.05. The number of hydrogen-bond donors (Lipinski definition) is 0. The van der Waals surface area contributed by atoms with Gasteiger partial charge in [-0.25, -0.2) is 9.97 Å². The van der Waals surface area contributed by atoms with E-state index in [0.717, 1.165) is 23.4 Å². The third-order valence-corrected chi connectivity index (χ3v) is 2.85. The summed E-state index contributed by atoms with van der Waals surface area (Å²) in [6, 6.07) is 3.74. The van der Waals surface area contributed by atoms with Gasteiger partial charge >= 0.3 is 0 Å². The molecule has 0 aliphatic rings. The minimum absolute atomic E-state index is 0.496. The maximum Gasteiger partial charge on any atom is 0.197 e. The molecule has 2 aromatic heterocycles. The standard InChI is InChI=1S/C12H13ClN2O/c1-4-9-8(3)11(13)15-12(14-9)10-6-5-7(2)16-10/h5-6H,4H2,1-3H3. The van der Waals surface area contributed by atoms with E-state index in [2.05, 4.69) is 9.97 Å². The van der Waals surface area contributed by atoms with Crippen molar-refractivity contribution in [2.75, 3.05) is 0 Å². The summed E-state index contributed by atoms with van der Waals surface area (Å²) in [5.74, 6) is 2.06. The first-order chi connectivity index (χ1) is 7.61. The number of halogens is 1. The summed E-state index contributed by atoms with van der Waals surface area (Å²) in [6.45, 7) is 5.86. The highest BCUT2D eigenvalue weighted by atomic mass is 35.5. The van der Waals surface area contributed by atoms with Crippen LogP contribution >= 0.6 is 11.6 Å². The van der Waals surface area contributed by atoms with Crippen molar-refractivity contribution in [3.05, 3.63) is 34.3 Å². The molecule has 0 bridgehead atoms. The van der Waals surface area contributed by atoms with Gasteiger partial charge in [0.15, 0.2) is 11.6 Å². The van der Waals surface area contributed by atoms with E-state index >= 15 is 0 Å². The van der Waals surface area contributed by atoms with Crippen LogP contribution in [0.2, 0.25) is 5.15 Å². The molecule has 2 heterocycles.